The minimum Gasteiger partial charge on any atom is -0.483 e. The molecule has 1 aliphatic heterocycles. The molecule has 0 fully saturated rings. The zero-order valence-corrected chi connectivity index (χ0v) is 42.0. The van der Waals surface area contributed by atoms with Gasteiger partial charge in [-0.25, -0.2) is 4.98 Å². The van der Waals surface area contributed by atoms with Gasteiger partial charge in [0.15, 0.2) is 0 Å². The summed E-state index contributed by atoms with van der Waals surface area (Å²) in [7, 11) is 0. The van der Waals surface area contributed by atoms with E-state index in [1.807, 2.05) is 6.07 Å². The Bertz CT molecular complexity index is 3200. The fraction of sp³-hybridized carbons (Fsp3) is 0.220. The van der Waals surface area contributed by atoms with Crippen LogP contribution in [0.15, 0.2) is 170 Å². The topological polar surface area (TPSA) is 38.5 Å². The Morgan fingerprint density at radius 1 is 0.530 bits per heavy atom. The van der Waals surface area contributed by atoms with E-state index in [9.17, 15) is 0 Å². The smallest absolute Gasteiger partial charge is 0.483 e. The summed E-state index contributed by atoms with van der Waals surface area (Å²) in [5.74, 6) is 2.18. The minimum absolute atomic E-state index is 0. The largest absolute Gasteiger partial charge is 2.00 e. The van der Waals surface area contributed by atoms with Crippen molar-refractivity contribution < 1.29 is 25.8 Å². The summed E-state index contributed by atoms with van der Waals surface area (Å²) in [6.07, 6.45) is 2.34. The van der Waals surface area contributed by atoms with Gasteiger partial charge in [-0.05, 0) is 82.1 Å². The Morgan fingerprint density at radius 2 is 1.14 bits per heavy atom. The van der Waals surface area contributed by atoms with Crippen LogP contribution in [0.25, 0.3) is 55.6 Å². The first-order chi connectivity index (χ1) is 30.6. The van der Waals surface area contributed by atoms with Crippen molar-refractivity contribution in [3.8, 4) is 34.3 Å². The second kappa shape index (κ2) is 17.5. The average molecular weight is 1050 g/mol. The molecule has 0 atom stereocenters. The number of imidazole rings is 1. The molecule has 0 spiro atoms. The van der Waals surface area contributed by atoms with Crippen molar-refractivity contribution in [1.82, 2.24) is 14.1 Å². The van der Waals surface area contributed by atoms with Gasteiger partial charge in [-0.15, -0.1) is 23.8 Å². The Hall–Kier alpha value is -6.36. The van der Waals surface area contributed by atoms with Gasteiger partial charge in [-0.3, -0.25) is 9.13 Å². The molecule has 336 valence electrons. The van der Waals surface area contributed by atoms with Crippen LogP contribution >= 0.6 is 0 Å². The normalized spacial score (nSPS) is 13.3. The molecule has 0 saturated heterocycles. The molecular formula is C59H59N5OPt. The molecule has 0 aliphatic carbocycles. The molecule has 9 aromatic rings. The summed E-state index contributed by atoms with van der Waals surface area (Å²) < 4.78 is 11.5. The predicted molar refractivity (Wildman–Crippen MR) is 274 cm³/mol. The number of hydrogen-bond donors (Lipinski definition) is 0. The molecule has 66 heavy (non-hydrogen) atoms. The second-order valence-corrected chi connectivity index (χ2v) is 20.3. The quantitative estimate of drug-likeness (QED) is 0.149. The SMILES string of the molecule is CC(C)(C)C1=CN(c2cc(C(C)(C)C)cc(C(C)(C)C)c2)CN1c1[c-]c(Oc2ccc3c4ccccc4n(-c4nc5ccccc5n4-c4ccccc4)c3c2)cc(-c2ccccc2)c1.[CH3-].[Pt+2]. The van der Waals surface area contributed by atoms with Crippen molar-refractivity contribution >= 4 is 44.2 Å². The molecule has 0 bridgehead atoms. The fourth-order valence-corrected chi connectivity index (χ4v) is 8.97. The summed E-state index contributed by atoms with van der Waals surface area (Å²) in [5, 5.41) is 2.28. The third kappa shape index (κ3) is 8.60. The maximum absolute atomic E-state index is 6.99. The van der Waals surface area contributed by atoms with E-state index >= 15 is 0 Å². The Kier molecular flexibility index (Phi) is 12.2. The van der Waals surface area contributed by atoms with Crippen molar-refractivity contribution in [3.05, 3.63) is 194 Å². The molecule has 2 aromatic heterocycles. The van der Waals surface area contributed by atoms with Crippen molar-refractivity contribution in [2.75, 3.05) is 16.5 Å². The van der Waals surface area contributed by atoms with E-state index in [0.29, 0.717) is 12.4 Å². The van der Waals surface area contributed by atoms with Gasteiger partial charge in [0.25, 0.3) is 0 Å². The number of anilines is 2. The predicted octanol–water partition coefficient (Wildman–Crippen LogP) is 15.6. The van der Waals surface area contributed by atoms with Gasteiger partial charge in [0.1, 0.15) is 5.75 Å². The number of rotatable bonds is 7. The van der Waals surface area contributed by atoms with E-state index in [0.717, 1.165) is 67.0 Å². The van der Waals surface area contributed by atoms with Crippen LogP contribution in [0.3, 0.4) is 0 Å². The first-order valence-corrected chi connectivity index (χ1v) is 22.4. The monoisotopic (exact) mass is 1050 g/mol. The van der Waals surface area contributed by atoms with Crippen LogP contribution < -0.4 is 14.5 Å². The van der Waals surface area contributed by atoms with Gasteiger partial charge in [-0.2, -0.15) is 0 Å². The second-order valence-electron chi connectivity index (χ2n) is 20.3. The molecule has 7 aromatic carbocycles. The van der Waals surface area contributed by atoms with Crippen molar-refractivity contribution in [1.29, 1.82) is 0 Å². The van der Waals surface area contributed by atoms with Gasteiger partial charge in [-0.1, -0.05) is 153 Å². The van der Waals surface area contributed by atoms with Gasteiger partial charge >= 0.3 is 21.1 Å². The number of benzene rings is 7. The van der Waals surface area contributed by atoms with E-state index in [1.54, 1.807) is 0 Å². The maximum Gasteiger partial charge on any atom is 2.00 e. The van der Waals surface area contributed by atoms with Crippen LogP contribution in [-0.4, -0.2) is 20.8 Å². The molecular weight excluding hydrogens is 990 g/mol. The van der Waals surface area contributed by atoms with Crippen LogP contribution in [0.1, 0.15) is 73.4 Å². The number of hydrogen-bond acceptors (Lipinski definition) is 4. The summed E-state index contributed by atoms with van der Waals surface area (Å²) >= 11 is 0. The number of allylic oxidation sites excluding steroid dienone is 1. The van der Waals surface area contributed by atoms with Crippen LogP contribution in [-0.2, 0) is 31.9 Å². The Labute approximate surface area is 405 Å². The number of nitrogens with zero attached hydrogens (tertiary/aromatic N) is 5. The molecule has 0 unspecified atom stereocenters. The maximum atomic E-state index is 6.99. The minimum atomic E-state index is -0.157. The Morgan fingerprint density at radius 3 is 1.80 bits per heavy atom. The number of fused-ring (bicyclic) bond motifs is 4. The third-order valence-corrected chi connectivity index (χ3v) is 12.5. The van der Waals surface area contributed by atoms with E-state index in [4.69, 9.17) is 9.72 Å². The van der Waals surface area contributed by atoms with Gasteiger partial charge in [0.05, 0.1) is 28.7 Å². The molecule has 1 aliphatic rings. The summed E-state index contributed by atoms with van der Waals surface area (Å²) in [6.45, 7) is 21.3. The van der Waals surface area contributed by atoms with Crippen LogP contribution in [0.5, 0.6) is 11.5 Å². The van der Waals surface area contributed by atoms with Gasteiger partial charge in [0, 0.05) is 51.3 Å². The summed E-state index contributed by atoms with van der Waals surface area (Å²) in [6, 6.07) is 59.7. The fourth-order valence-electron chi connectivity index (χ4n) is 8.97. The average Bonchev–Trinajstić information content (AvgIpc) is 3.99. The number of aromatic nitrogens is 3. The van der Waals surface area contributed by atoms with E-state index < -0.39 is 0 Å². The summed E-state index contributed by atoms with van der Waals surface area (Å²) in [5.41, 5.74) is 13.2. The molecule has 0 saturated carbocycles. The molecule has 0 N–H and O–H groups in total. The van der Waals surface area contributed by atoms with E-state index in [2.05, 4.69) is 245 Å². The van der Waals surface area contributed by atoms with Crippen molar-refractivity contribution in [3.63, 3.8) is 0 Å². The molecule has 0 amide bonds. The standard InChI is InChI=1S/C58H56N5O.CH3.Pt/c1-56(2,3)41-32-42(57(4,5)6)34-44(33-41)60-37-54(58(7,8)9)61(38-60)45-30-40(39-20-12-10-13-21-39)31-47(35-45)64-46-28-29-49-48-24-16-18-26-51(48)63(53(49)36-46)55-59-50-25-17-19-27-52(50)62(55)43-22-14-11-15-23-43;;/h10-34,36-37H,38H2,1-9H3;1H3;/q2*-1;+2. The third-order valence-electron chi connectivity index (χ3n) is 12.5. The molecule has 3 heterocycles. The van der Waals surface area contributed by atoms with Crippen LogP contribution in [0.4, 0.5) is 11.4 Å². The molecule has 10 rings (SSSR count). The zero-order chi connectivity index (χ0) is 44.5. The zero-order valence-electron chi connectivity index (χ0n) is 39.8. The Balaban J connectivity index is 0.00000296. The first-order valence-electron chi connectivity index (χ1n) is 22.4. The molecule has 0 radical (unpaired) electrons. The van der Waals surface area contributed by atoms with E-state index in [1.165, 1.54) is 22.5 Å². The van der Waals surface area contributed by atoms with Gasteiger partial charge in [0.2, 0.25) is 5.95 Å². The molecule has 6 nitrogen and oxygen atoms in total. The first kappa shape index (κ1) is 46.2. The van der Waals surface area contributed by atoms with Crippen LogP contribution in [0, 0.1) is 18.9 Å². The number of ether oxygens (including phenoxy) is 1. The summed E-state index contributed by atoms with van der Waals surface area (Å²) in [4.78, 5) is 10.1. The van der Waals surface area contributed by atoms with Crippen molar-refractivity contribution in [2.24, 2.45) is 5.41 Å². The molecule has 7 heteroatoms. The van der Waals surface area contributed by atoms with Gasteiger partial charge < -0.3 is 22.0 Å². The number of para-hydroxylation sites is 4. The van der Waals surface area contributed by atoms with E-state index in [-0.39, 0.29) is 44.7 Å². The van der Waals surface area contributed by atoms with Crippen LogP contribution in [0.2, 0.25) is 0 Å². The van der Waals surface area contributed by atoms with Crippen molar-refractivity contribution in [2.45, 2.75) is 73.1 Å².